The van der Waals surface area contributed by atoms with Crippen LogP contribution >= 0.6 is 11.6 Å². The van der Waals surface area contributed by atoms with E-state index in [-0.39, 0.29) is 0 Å². The largest absolute Gasteiger partial charge is 0.442 e. The molecule has 0 aliphatic rings. The van der Waals surface area contributed by atoms with Gasteiger partial charge < -0.3 is 4.42 Å². The van der Waals surface area contributed by atoms with Gasteiger partial charge in [0.15, 0.2) is 17.1 Å². The van der Waals surface area contributed by atoms with Crippen molar-refractivity contribution in [2.24, 2.45) is 0 Å². The first-order chi connectivity index (χ1) is 7.45. The lowest BCUT2D eigenvalue weighted by atomic mass is 10.2. The number of nitrogens with zero attached hydrogens (tertiary/aromatic N) is 1. The first-order valence-corrected chi connectivity index (χ1v) is 8.85. The first kappa shape index (κ1) is 11.4. The fourth-order valence-electron chi connectivity index (χ4n) is 1.73. The van der Waals surface area contributed by atoms with Gasteiger partial charge in [-0.05, 0) is 17.7 Å². The maximum atomic E-state index is 10.9. The molecule has 2 heterocycles. The van der Waals surface area contributed by atoms with Crippen LogP contribution in [0.3, 0.4) is 0 Å². The number of carbonyl (C=O) groups is 1. The molecule has 3 nitrogen and oxygen atoms in total. The second kappa shape index (κ2) is 3.71. The minimum absolute atomic E-state index is 0.371. The van der Waals surface area contributed by atoms with Gasteiger partial charge in [-0.2, -0.15) is 0 Å². The van der Waals surface area contributed by atoms with Crippen LogP contribution < -0.4 is 5.19 Å². The minimum Gasteiger partial charge on any atom is -0.442 e. The Morgan fingerprint density at radius 1 is 1.44 bits per heavy atom. The number of halogens is 1. The van der Waals surface area contributed by atoms with E-state index in [0.29, 0.717) is 16.4 Å². The summed E-state index contributed by atoms with van der Waals surface area (Å²) in [7, 11) is -1.63. The molecule has 2 aromatic rings. The molecule has 0 spiro atoms. The van der Waals surface area contributed by atoms with Crippen LogP contribution in [0.4, 0.5) is 0 Å². The molecule has 0 fully saturated rings. The fraction of sp³-hybridized carbons (Fsp3) is 0.273. The zero-order valence-corrected chi connectivity index (χ0v) is 11.1. The molecular weight excluding hydrogens is 242 g/mol. The van der Waals surface area contributed by atoms with Crippen LogP contribution in [-0.4, -0.2) is 19.3 Å². The fourth-order valence-corrected chi connectivity index (χ4v) is 4.27. The average molecular weight is 254 g/mol. The lowest BCUT2D eigenvalue weighted by Crippen LogP contribution is -2.38. The van der Waals surface area contributed by atoms with Crippen LogP contribution in [0.5, 0.6) is 0 Å². The van der Waals surface area contributed by atoms with E-state index >= 15 is 0 Å². The highest BCUT2D eigenvalue weighted by Gasteiger charge is 2.28. The summed E-state index contributed by atoms with van der Waals surface area (Å²) in [6.45, 7) is 6.50. The lowest BCUT2D eigenvalue weighted by molar-refractivity contribution is 0.112. The quantitative estimate of drug-likeness (QED) is 0.611. The number of pyridine rings is 1. The summed E-state index contributed by atoms with van der Waals surface area (Å²) in [6.07, 6.45) is 2.37. The molecule has 2 aromatic heterocycles. The van der Waals surface area contributed by atoms with Crippen molar-refractivity contribution in [1.29, 1.82) is 0 Å². The minimum atomic E-state index is -1.63. The summed E-state index contributed by atoms with van der Waals surface area (Å²) < 4.78 is 5.45. The maximum Gasteiger partial charge on any atom is 0.195 e. The number of hydrogen-bond donors (Lipinski definition) is 0. The smallest absolute Gasteiger partial charge is 0.195 e. The first-order valence-electron chi connectivity index (χ1n) is 4.98. The second-order valence-corrected chi connectivity index (χ2v) is 10.0. The molecular formula is C11H12ClNO2Si. The van der Waals surface area contributed by atoms with Gasteiger partial charge in [0.2, 0.25) is 0 Å². The zero-order chi connectivity index (χ0) is 11.9. The van der Waals surface area contributed by atoms with Crippen molar-refractivity contribution < 1.29 is 9.21 Å². The molecule has 0 unspecified atom stereocenters. The van der Waals surface area contributed by atoms with E-state index < -0.39 is 8.07 Å². The normalized spacial score (nSPS) is 12.0. The Kier molecular flexibility index (Phi) is 2.63. The van der Waals surface area contributed by atoms with Gasteiger partial charge in [-0.15, -0.1) is 0 Å². The number of fused-ring (bicyclic) bond motifs is 1. The van der Waals surface area contributed by atoms with Gasteiger partial charge in [0.25, 0.3) is 0 Å². The molecule has 0 aliphatic carbocycles. The summed E-state index contributed by atoms with van der Waals surface area (Å²) in [5, 5.41) is 1.35. The van der Waals surface area contributed by atoms with Crippen molar-refractivity contribution in [1.82, 2.24) is 4.98 Å². The lowest BCUT2D eigenvalue weighted by Gasteiger charge is -2.13. The third-order valence-corrected chi connectivity index (χ3v) is 4.83. The van der Waals surface area contributed by atoms with E-state index in [9.17, 15) is 4.79 Å². The summed E-state index contributed by atoms with van der Waals surface area (Å²) in [4.78, 5) is 15.1. The van der Waals surface area contributed by atoms with Crippen molar-refractivity contribution in [3.63, 3.8) is 0 Å². The molecule has 0 amide bonds. The van der Waals surface area contributed by atoms with E-state index in [0.717, 1.165) is 17.0 Å². The number of aldehydes is 1. The van der Waals surface area contributed by atoms with Crippen molar-refractivity contribution in [3.05, 3.63) is 23.0 Å². The van der Waals surface area contributed by atoms with E-state index in [1.54, 1.807) is 12.3 Å². The molecule has 84 valence electrons. The van der Waals surface area contributed by atoms with E-state index in [4.69, 9.17) is 16.0 Å². The Hall–Kier alpha value is -1.13. The van der Waals surface area contributed by atoms with Crippen LogP contribution in [0.25, 0.3) is 11.1 Å². The van der Waals surface area contributed by atoms with Gasteiger partial charge in [0.05, 0.1) is 13.6 Å². The van der Waals surface area contributed by atoms with Crippen LogP contribution in [0.15, 0.2) is 16.7 Å². The second-order valence-electron chi connectivity index (χ2n) is 4.70. The Morgan fingerprint density at radius 2 is 2.12 bits per heavy atom. The Labute approximate surface area is 99.4 Å². The van der Waals surface area contributed by atoms with Crippen LogP contribution in [0.2, 0.25) is 24.9 Å². The molecule has 0 saturated carbocycles. The van der Waals surface area contributed by atoms with Crippen molar-refractivity contribution in [2.75, 3.05) is 0 Å². The highest BCUT2D eigenvalue weighted by atomic mass is 35.5. The standard InChI is InChI=1S/C11H12ClNO2Si/c1-16(2,3)10-8-9(15-11(10)12)7(6-14)4-5-13-8/h4-6H,1-3H3. The number of rotatable bonds is 2. The van der Waals surface area contributed by atoms with Gasteiger partial charge in [0, 0.05) is 11.4 Å². The Balaban J connectivity index is 2.87. The van der Waals surface area contributed by atoms with Crippen molar-refractivity contribution in [3.8, 4) is 0 Å². The van der Waals surface area contributed by atoms with Crippen LogP contribution in [-0.2, 0) is 0 Å². The maximum absolute atomic E-state index is 10.9. The number of carbonyl (C=O) groups excluding carboxylic acids is 1. The molecule has 0 radical (unpaired) electrons. The highest BCUT2D eigenvalue weighted by molar-refractivity contribution is 6.91. The van der Waals surface area contributed by atoms with Crippen molar-refractivity contribution >= 4 is 42.2 Å². The molecule has 2 rings (SSSR count). The van der Waals surface area contributed by atoms with Gasteiger partial charge in [-0.25, -0.2) is 0 Å². The monoisotopic (exact) mass is 253 g/mol. The third-order valence-electron chi connectivity index (χ3n) is 2.44. The molecule has 16 heavy (non-hydrogen) atoms. The predicted molar refractivity (Wildman–Crippen MR) is 67.4 cm³/mol. The molecule has 0 aliphatic heterocycles. The number of furan rings is 1. The van der Waals surface area contributed by atoms with Gasteiger partial charge >= 0.3 is 0 Å². The Morgan fingerprint density at radius 3 is 2.69 bits per heavy atom. The molecule has 0 N–H and O–H groups in total. The molecule has 0 atom stereocenters. The van der Waals surface area contributed by atoms with Crippen LogP contribution in [0, 0.1) is 0 Å². The SMILES string of the molecule is C[Si](C)(C)c1c(Cl)oc2c(C=O)ccnc12. The van der Waals surface area contributed by atoms with E-state index in [1.165, 1.54) is 0 Å². The summed E-state index contributed by atoms with van der Waals surface area (Å²) in [6, 6.07) is 1.63. The molecule has 0 bridgehead atoms. The van der Waals surface area contributed by atoms with Gasteiger partial charge in [-0.1, -0.05) is 19.6 Å². The summed E-state index contributed by atoms with van der Waals surface area (Å²) in [5.74, 6) is 0. The zero-order valence-electron chi connectivity index (χ0n) is 9.37. The van der Waals surface area contributed by atoms with E-state index in [2.05, 4.69) is 24.6 Å². The molecule has 5 heteroatoms. The number of hydrogen-bond acceptors (Lipinski definition) is 3. The third kappa shape index (κ3) is 1.68. The Bertz CT molecular complexity index is 557. The predicted octanol–water partition coefficient (Wildman–Crippen LogP) is 2.84. The number of aromatic nitrogens is 1. The van der Waals surface area contributed by atoms with E-state index in [1.807, 2.05) is 0 Å². The highest BCUT2D eigenvalue weighted by Crippen LogP contribution is 2.25. The van der Waals surface area contributed by atoms with Crippen LogP contribution in [0.1, 0.15) is 10.4 Å². The summed E-state index contributed by atoms with van der Waals surface area (Å²) in [5.41, 5.74) is 1.73. The molecule has 0 saturated heterocycles. The van der Waals surface area contributed by atoms with Gasteiger partial charge in [0.1, 0.15) is 5.52 Å². The molecule has 0 aromatic carbocycles. The van der Waals surface area contributed by atoms with Gasteiger partial charge in [-0.3, -0.25) is 9.78 Å². The average Bonchev–Trinajstić information content (AvgIpc) is 2.52. The van der Waals surface area contributed by atoms with Crippen molar-refractivity contribution in [2.45, 2.75) is 19.6 Å². The summed E-state index contributed by atoms with van der Waals surface area (Å²) >= 11 is 6.09. The topological polar surface area (TPSA) is 43.1 Å².